The minimum atomic E-state index is -3.54. The summed E-state index contributed by atoms with van der Waals surface area (Å²) in [5, 5.41) is 0.623. The van der Waals surface area contributed by atoms with Crippen LogP contribution in [-0.4, -0.2) is 33.2 Å². The molecular formula is C12H17N3O3S. The van der Waals surface area contributed by atoms with Crippen LogP contribution in [0.4, 0.5) is 5.69 Å². The molecule has 0 amide bonds. The second-order valence-corrected chi connectivity index (χ2v) is 5.79. The van der Waals surface area contributed by atoms with Crippen molar-refractivity contribution in [1.82, 2.24) is 9.71 Å². The fourth-order valence-corrected chi connectivity index (χ4v) is 3.00. The van der Waals surface area contributed by atoms with Gasteiger partial charge >= 0.3 is 0 Å². The third-order valence-corrected chi connectivity index (χ3v) is 4.20. The Bertz CT molecular complexity index is 664. The number of ether oxygens (including phenoxy) is 1. The molecule has 0 spiro atoms. The van der Waals surface area contributed by atoms with Crippen molar-refractivity contribution < 1.29 is 13.2 Å². The summed E-state index contributed by atoms with van der Waals surface area (Å²) in [7, 11) is -3.54. The van der Waals surface area contributed by atoms with Crippen molar-refractivity contribution >= 4 is 26.6 Å². The first-order valence-electron chi connectivity index (χ1n) is 5.98. The molecule has 0 aliphatic rings. The summed E-state index contributed by atoms with van der Waals surface area (Å²) in [6, 6.07) is 5.07. The first kappa shape index (κ1) is 13.9. The second-order valence-electron chi connectivity index (χ2n) is 4.05. The van der Waals surface area contributed by atoms with E-state index in [0.29, 0.717) is 29.8 Å². The highest BCUT2D eigenvalue weighted by Crippen LogP contribution is 2.24. The largest absolute Gasteiger partial charge is 0.399 e. The highest BCUT2D eigenvalue weighted by atomic mass is 32.2. The fraction of sp³-hybridized carbons (Fsp3) is 0.333. The zero-order valence-electron chi connectivity index (χ0n) is 10.6. The third-order valence-electron chi connectivity index (χ3n) is 2.70. The molecule has 0 bridgehead atoms. The summed E-state index contributed by atoms with van der Waals surface area (Å²) in [6.45, 7) is 3.02. The Morgan fingerprint density at radius 1 is 1.42 bits per heavy atom. The van der Waals surface area contributed by atoms with E-state index in [9.17, 15) is 8.42 Å². The van der Waals surface area contributed by atoms with Gasteiger partial charge < -0.3 is 15.5 Å². The smallest absolute Gasteiger partial charge is 0.242 e. The molecule has 0 saturated carbocycles. The Morgan fingerprint density at radius 2 is 2.21 bits per heavy atom. The summed E-state index contributed by atoms with van der Waals surface area (Å²) >= 11 is 0. The van der Waals surface area contributed by atoms with Crippen molar-refractivity contribution in [2.75, 3.05) is 25.5 Å². The van der Waals surface area contributed by atoms with E-state index in [1.54, 1.807) is 18.2 Å². The summed E-state index contributed by atoms with van der Waals surface area (Å²) in [5.41, 5.74) is 6.94. The van der Waals surface area contributed by atoms with E-state index in [1.807, 2.05) is 6.92 Å². The minimum absolute atomic E-state index is 0.221. The zero-order valence-corrected chi connectivity index (χ0v) is 11.5. The van der Waals surface area contributed by atoms with Crippen molar-refractivity contribution in [1.29, 1.82) is 0 Å². The first-order valence-corrected chi connectivity index (χ1v) is 7.47. The maximum absolute atomic E-state index is 12.1. The zero-order chi connectivity index (χ0) is 13.9. The molecule has 1 aromatic heterocycles. The van der Waals surface area contributed by atoms with Gasteiger partial charge in [0.2, 0.25) is 10.0 Å². The molecule has 104 valence electrons. The van der Waals surface area contributed by atoms with Crippen LogP contribution in [-0.2, 0) is 14.8 Å². The van der Waals surface area contributed by atoms with Crippen LogP contribution in [0.15, 0.2) is 29.3 Å². The van der Waals surface area contributed by atoms with Gasteiger partial charge in [-0.3, -0.25) is 0 Å². The van der Waals surface area contributed by atoms with Crippen LogP contribution < -0.4 is 10.5 Å². The van der Waals surface area contributed by atoms with Gasteiger partial charge in [0.1, 0.15) is 4.90 Å². The molecule has 0 atom stereocenters. The number of rotatable bonds is 6. The highest BCUT2D eigenvalue weighted by Gasteiger charge is 2.18. The number of nitrogen functional groups attached to an aromatic ring is 1. The molecule has 1 heterocycles. The molecule has 7 heteroatoms. The van der Waals surface area contributed by atoms with Crippen molar-refractivity contribution in [3.05, 3.63) is 24.4 Å². The number of benzene rings is 1. The monoisotopic (exact) mass is 283 g/mol. The van der Waals surface area contributed by atoms with Crippen LogP contribution in [0.3, 0.4) is 0 Å². The van der Waals surface area contributed by atoms with Gasteiger partial charge in [0.25, 0.3) is 0 Å². The van der Waals surface area contributed by atoms with Gasteiger partial charge in [-0.2, -0.15) is 0 Å². The number of nitrogens with one attached hydrogen (secondary N) is 2. The molecule has 19 heavy (non-hydrogen) atoms. The molecule has 0 saturated heterocycles. The average molecular weight is 283 g/mol. The molecule has 6 nitrogen and oxygen atoms in total. The maximum Gasteiger partial charge on any atom is 0.242 e. The Kier molecular flexibility index (Phi) is 4.08. The number of hydrogen-bond donors (Lipinski definition) is 3. The summed E-state index contributed by atoms with van der Waals surface area (Å²) in [5.74, 6) is 0. The van der Waals surface area contributed by atoms with Crippen LogP contribution in [0, 0.1) is 0 Å². The van der Waals surface area contributed by atoms with Gasteiger partial charge in [-0.15, -0.1) is 0 Å². The van der Waals surface area contributed by atoms with Gasteiger partial charge in [-0.25, -0.2) is 13.1 Å². The van der Waals surface area contributed by atoms with Crippen LogP contribution in [0.25, 0.3) is 10.9 Å². The highest BCUT2D eigenvalue weighted by molar-refractivity contribution is 7.89. The molecule has 0 fully saturated rings. The number of nitrogens with two attached hydrogens (primary N) is 1. The van der Waals surface area contributed by atoms with E-state index in [1.165, 1.54) is 6.20 Å². The molecule has 0 radical (unpaired) electrons. The molecule has 4 N–H and O–H groups in total. The molecule has 2 rings (SSSR count). The van der Waals surface area contributed by atoms with Crippen LogP contribution in [0.5, 0.6) is 0 Å². The standard InChI is InChI=1S/C12H17N3O3S/c1-2-18-6-5-15-19(16,17)12-8-14-11-7-9(13)3-4-10(11)12/h3-4,7-8,14-15H,2,5-6,13H2,1H3. The van der Waals surface area contributed by atoms with Gasteiger partial charge in [-0.1, -0.05) is 0 Å². The second kappa shape index (κ2) is 5.60. The number of aromatic nitrogens is 1. The Balaban J connectivity index is 2.23. The van der Waals surface area contributed by atoms with E-state index >= 15 is 0 Å². The van der Waals surface area contributed by atoms with Crippen molar-refractivity contribution in [2.45, 2.75) is 11.8 Å². The number of hydrogen-bond acceptors (Lipinski definition) is 4. The van der Waals surface area contributed by atoms with Crippen molar-refractivity contribution in [3.63, 3.8) is 0 Å². The first-order chi connectivity index (χ1) is 9.04. The lowest BCUT2D eigenvalue weighted by atomic mass is 10.2. The lowest BCUT2D eigenvalue weighted by Gasteiger charge is -2.05. The Morgan fingerprint density at radius 3 is 2.95 bits per heavy atom. The quantitative estimate of drug-likeness (QED) is 0.545. The van der Waals surface area contributed by atoms with Crippen molar-refractivity contribution in [3.8, 4) is 0 Å². The molecular weight excluding hydrogens is 266 g/mol. The van der Waals surface area contributed by atoms with Gasteiger partial charge in [0.05, 0.1) is 6.61 Å². The third kappa shape index (κ3) is 3.06. The van der Waals surface area contributed by atoms with Crippen LogP contribution in [0.2, 0.25) is 0 Å². The molecule has 1 aromatic carbocycles. The number of aromatic amines is 1. The van der Waals surface area contributed by atoms with Gasteiger partial charge in [0.15, 0.2) is 0 Å². The van der Waals surface area contributed by atoms with Crippen molar-refractivity contribution in [2.24, 2.45) is 0 Å². The normalized spacial score (nSPS) is 12.1. The number of sulfonamides is 1. The topological polar surface area (TPSA) is 97.2 Å². The molecule has 0 aliphatic carbocycles. The number of anilines is 1. The van der Waals surface area contributed by atoms with E-state index in [0.717, 1.165) is 0 Å². The predicted octanol–water partition coefficient (Wildman–Crippen LogP) is 1.06. The summed E-state index contributed by atoms with van der Waals surface area (Å²) < 4.78 is 31.9. The van der Waals surface area contributed by atoms with Crippen LogP contribution in [0.1, 0.15) is 6.92 Å². The maximum atomic E-state index is 12.1. The minimum Gasteiger partial charge on any atom is -0.399 e. The Hall–Kier alpha value is -1.57. The van der Waals surface area contributed by atoms with E-state index < -0.39 is 10.0 Å². The van der Waals surface area contributed by atoms with Crippen LogP contribution >= 0.6 is 0 Å². The fourth-order valence-electron chi connectivity index (χ4n) is 1.81. The number of fused-ring (bicyclic) bond motifs is 1. The lowest BCUT2D eigenvalue weighted by Crippen LogP contribution is -2.27. The van der Waals surface area contributed by atoms with E-state index in [4.69, 9.17) is 10.5 Å². The summed E-state index contributed by atoms with van der Waals surface area (Å²) in [6.07, 6.45) is 1.47. The molecule has 0 aliphatic heterocycles. The Labute approximate surface area is 112 Å². The molecule has 0 unspecified atom stereocenters. The molecule has 2 aromatic rings. The lowest BCUT2D eigenvalue weighted by molar-refractivity contribution is 0.153. The summed E-state index contributed by atoms with van der Waals surface area (Å²) in [4.78, 5) is 3.13. The van der Waals surface area contributed by atoms with E-state index in [-0.39, 0.29) is 11.4 Å². The van der Waals surface area contributed by atoms with E-state index in [2.05, 4.69) is 9.71 Å². The van der Waals surface area contributed by atoms with Gasteiger partial charge in [0, 0.05) is 35.9 Å². The number of H-pyrrole nitrogens is 1. The predicted molar refractivity (Wildman–Crippen MR) is 74.4 cm³/mol. The van der Waals surface area contributed by atoms with Gasteiger partial charge in [-0.05, 0) is 25.1 Å². The SMILES string of the molecule is CCOCCNS(=O)(=O)c1c[nH]c2cc(N)ccc12. The average Bonchev–Trinajstić information content (AvgIpc) is 2.78.